The average molecular weight is 497 g/mol. The Hall–Kier alpha value is -3.01. The summed E-state index contributed by atoms with van der Waals surface area (Å²) in [6, 6.07) is 27.9. The zero-order valence-electron chi connectivity index (χ0n) is 18.9. The van der Waals surface area contributed by atoms with E-state index in [1.807, 2.05) is 91.0 Å². The molecule has 0 amide bonds. The van der Waals surface area contributed by atoms with E-state index in [9.17, 15) is 19.5 Å². The number of carboxylic acid groups (broad SMARTS) is 1. The molecule has 0 saturated heterocycles. The normalized spacial score (nSPS) is 13.0. The lowest BCUT2D eigenvalue weighted by molar-refractivity contribution is -0.305. The van der Waals surface area contributed by atoms with Crippen LogP contribution in [0.4, 0.5) is 0 Å². The van der Waals surface area contributed by atoms with Gasteiger partial charge in [0.25, 0.3) is 0 Å². The van der Waals surface area contributed by atoms with Crippen LogP contribution in [0, 0.1) is 0 Å². The van der Waals surface area contributed by atoms with E-state index in [-0.39, 0.29) is 25.9 Å². The Morgan fingerprint density at radius 2 is 1.21 bits per heavy atom. The van der Waals surface area contributed by atoms with E-state index in [1.165, 1.54) is 0 Å². The Bertz CT molecular complexity index is 1020. The highest BCUT2D eigenvalue weighted by Gasteiger charge is 2.71. The van der Waals surface area contributed by atoms with Gasteiger partial charge in [-0.05, 0) is 56.2 Å². The molecule has 1 atom stereocenters. The van der Waals surface area contributed by atoms with E-state index in [0.29, 0.717) is 0 Å². The van der Waals surface area contributed by atoms with E-state index >= 15 is 0 Å². The molecule has 0 N–H and O–H groups in total. The molecule has 3 rings (SSSR count). The lowest BCUT2D eigenvalue weighted by Gasteiger charge is -2.37. The van der Waals surface area contributed by atoms with Crippen LogP contribution in [0.5, 0.6) is 0 Å². The first-order valence-electron chi connectivity index (χ1n) is 11.0. The highest BCUT2D eigenvalue weighted by atomic mass is 35.5. The van der Waals surface area contributed by atoms with Gasteiger partial charge < -0.3 is 14.6 Å². The lowest BCUT2D eigenvalue weighted by Crippen LogP contribution is -2.54. The first kappa shape index (κ1) is 25.6. The molecule has 0 saturated carbocycles. The van der Waals surface area contributed by atoms with Crippen LogP contribution >= 0.6 is 18.9 Å². The summed E-state index contributed by atoms with van der Waals surface area (Å²) >= 11 is 7.32. The van der Waals surface area contributed by atoms with E-state index in [2.05, 4.69) is 0 Å². The number of benzene rings is 3. The molecule has 1 unspecified atom stereocenters. The fraction of sp³-hybridized carbons (Fsp3) is 0.222. The van der Waals surface area contributed by atoms with Gasteiger partial charge in [-0.25, -0.2) is 4.79 Å². The second kappa shape index (κ2) is 11.4. The maximum atomic E-state index is 13.9. The van der Waals surface area contributed by atoms with Crippen LogP contribution in [0.25, 0.3) is 0 Å². The van der Waals surface area contributed by atoms with Gasteiger partial charge in [-0.1, -0.05) is 66.2 Å². The van der Waals surface area contributed by atoms with Crippen LogP contribution in [0.3, 0.4) is 0 Å². The molecule has 7 heteroatoms. The smallest absolute Gasteiger partial charge is 0.375 e. The van der Waals surface area contributed by atoms with Crippen LogP contribution in [-0.2, 0) is 19.1 Å². The molecule has 0 aliphatic heterocycles. The first-order chi connectivity index (χ1) is 16.4. The van der Waals surface area contributed by atoms with Crippen LogP contribution < -0.4 is 21.0 Å². The number of aliphatic carboxylic acids is 1. The molecule has 3 aromatic carbocycles. The highest BCUT2D eigenvalue weighted by Crippen LogP contribution is 2.68. The van der Waals surface area contributed by atoms with Crippen molar-refractivity contribution >= 4 is 52.5 Å². The quantitative estimate of drug-likeness (QED) is 0.176. The minimum atomic E-state index is -3.20. The number of hydrogen-bond acceptors (Lipinski definition) is 5. The number of carboxylic acids is 1. The zero-order valence-corrected chi connectivity index (χ0v) is 20.5. The minimum absolute atomic E-state index is 0.00735. The highest BCUT2D eigenvalue weighted by molar-refractivity contribution is 7.99. The van der Waals surface area contributed by atoms with Crippen LogP contribution in [0.2, 0.25) is 0 Å². The first-order valence-corrected chi connectivity index (χ1v) is 13.2. The number of ketones is 1. The van der Waals surface area contributed by atoms with Crippen molar-refractivity contribution < 1.29 is 24.2 Å². The third-order valence-electron chi connectivity index (χ3n) is 5.59. The van der Waals surface area contributed by atoms with E-state index in [4.69, 9.17) is 16.3 Å². The molecule has 5 nitrogen and oxygen atoms in total. The van der Waals surface area contributed by atoms with Crippen LogP contribution in [0.1, 0.15) is 26.2 Å². The molecular formula is C27H26ClO5P. The van der Waals surface area contributed by atoms with Crippen LogP contribution in [-0.4, -0.2) is 28.9 Å². The Labute approximate surface area is 205 Å². The molecule has 0 aromatic heterocycles. The molecular weight excluding hydrogens is 471 g/mol. The van der Waals surface area contributed by atoms with E-state index < -0.39 is 29.6 Å². The van der Waals surface area contributed by atoms with Crippen LogP contribution in [0.15, 0.2) is 91.0 Å². The Kier molecular flexibility index (Phi) is 8.60. The van der Waals surface area contributed by atoms with Crippen molar-refractivity contribution in [3.63, 3.8) is 0 Å². The Balaban J connectivity index is 2.40. The molecule has 0 aliphatic rings. The summed E-state index contributed by atoms with van der Waals surface area (Å²) < 4.78 is 3.34. The summed E-state index contributed by atoms with van der Waals surface area (Å²) in [5, 5.41) is 13.2. The van der Waals surface area contributed by atoms with Gasteiger partial charge in [-0.15, -0.1) is 0 Å². The van der Waals surface area contributed by atoms with Crippen molar-refractivity contribution in [2.24, 2.45) is 0 Å². The monoisotopic (exact) mass is 496 g/mol. The predicted molar refractivity (Wildman–Crippen MR) is 134 cm³/mol. The van der Waals surface area contributed by atoms with Gasteiger partial charge in [0, 0.05) is 12.4 Å². The van der Waals surface area contributed by atoms with Gasteiger partial charge in [-0.2, -0.15) is 0 Å². The summed E-state index contributed by atoms with van der Waals surface area (Å²) in [4.78, 5) is 38.6. The number of ether oxygens (including phenoxy) is 1. The second-order valence-corrected chi connectivity index (χ2v) is 12.1. The number of esters is 1. The maximum Gasteiger partial charge on any atom is 0.375 e. The van der Waals surface area contributed by atoms with Crippen molar-refractivity contribution in [2.45, 2.75) is 30.8 Å². The van der Waals surface area contributed by atoms with Crippen molar-refractivity contribution in [3.8, 4) is 0 Å². The molecule has 176 valence electrons. The number of carbonyl (C=O) groups is 3. The summed E-state index contributed by atoms with van der Waals surface area (Å²) in [5.41, 5.74) is 0. The van der Waals surface area contributed by atoms with Gasteiger partial charge in [0.1, 0.15) is 15.9 Å². The molecule has 0 fully saturated rings. The Morgan fingerprint density at radius 1 is 0.794 bits per heavy atom. The second-order valence-electron chi connectivity index (χ2n) is 7.67. The van der Waals surface area contributed by atoms with Gasteiger partial charge in [0.2, 0.25) is 5.78 Å². The standard InChI is InChI=1S/C27H26ClO5P/c1-2-33-26(32)27(28,24(29)19-12-20-25(30)31)34(21-13-6-3-7-14-21,22-15-8-4-9-16-22)23-17-10-5-11-18-23/h3-11,13-18H,2,12,19-20H2,1H3. The zero-order chi connectivity index (χ0) is 24.6. The van der Waals surface area contributed by atoms with E-state index in [1.54, 1.807) is 6.92 Å². The minimum Gasteiger partial charge on any atom is -0.550 e. The predicted octanol–water partition coefficient (Wildman–Crippen LogP) is 2.97. The topological polar surface area (TPSA) is 83.5 Å². The molecule has 0 aliphatic carbocycles. The van der Waals surface area contributed by atoms with Crippen molar-refractivity contribution in [2.75, 3.05) is 6.61 Å². The number of halogens is 1. The summed E-state index contributed by atoms with van der Waals surface area (Å²) in [6.07, 6.45) is -0.507. The average Bonchev–Trinajstić information content (AvgIpc) is 2.86. The Morgan fingerprint density at radius 3 is 1.56 bits per heavy atom. The van der Waals surface area contributed by atoms with Crippen molar-refractivity contribution in [3.05, 3.63) is 91.0 Å². The fourth-order valence-corrected chi connectivity index (χ4v) is 9.83. The number of rotatable bonds is 11. The van der Waals surface area contributed by atoms with Gasteiger partial charge in [0.15, 0.2) is 7.26 Å². The lowest BCUT2D eigenvalue weighted by atomic mass is 10.1. The van der Waals surface area contributed by atoms with Crippen molar-refractivity contribution in [1.82, 2.24) is 0 Å². The van der Waals surface area contributed by atoms with Gasteiger partial charge >= 0.3 is 10.6 Å². The largest absolute Gasteiger partial charge is 0.550 e. The summed E-state index contributed by atoms with van der Waals surface area (Å²) in [5.74, 6) is -2.67. The third kappa shape index (κ3) is 4.77. The number of hydrogen-bond donors (Lipinski definition) is 0. The van der Waals surface area contributed by atoms with E-state index in [0.717, 1.165) is 15.9 Å². The number of Topliss-reactive ketones (excluding diaryl/α,β-unsaturated/α-hetero) is 1. The SMILES string of the molecule is CCOC(=O)C(Cl)(C(=O)CCCC(=O)[O-])[P+](c1ccccc1)(c1ccccc1)c1ccccc1. The molecule has 0 heterocycles. The number of alkyl halides is 1. The van der Waals surface area contributed by atoms with Crippen molar-refractivity contribution in [1.29, 1.82) is 0 Å². The van der Waals surface area contributed by atoms with Gasteiger partial charge in [0.05, 0.1) is 6.61 Å². The molecule has 0 bridgehead atoms. The maximum absolute atomic E-state index is 13.9. The summed E-state index contributed by atoms with van der Waals surface area (Å²) in [7, 11) is -3.20. The summed E-state index contributed by atoms with van der Waals surface area (Å²) in [6.45, 7) is 1.70. The third-order valence-corrected chi connectivity index (χ3v) is 11.3. The molecule has 0 spiro atoms. The molecule has 34 heavy (non-hydrogen) atoms. The molecule has 3 aromatic rings. The molecule has 0 radical (unpaired) electrons. The number of carbonyl (C=O) groups excluding carboxylic acids is 3. The fourth-order valence-electron chi connectivity index (χ4n) is 4.16. The van der Waals surface area contributed by atoms with Gasteiger partial charge in [-0.3, -0.25) is 4.79 Å².